The molecule has 0 saturated heterocycles. The Morgan fingerprint density at radius 2 is 1.65 bits per heavy atom. The Balaban J connectivity index is 2.25. The normalized spacial score (nSPS) is 11.3. The molecule has 0 saturated carbocycles. The molecular weight excluding hydrogens is 276 g/mol. The Bertz CT molecular complexity index is 580. The van der Waals surface area contributed by atoms with Crippen molar-refractivity contribution < 1.29 is 8.78 Å². The first-order chi connectivity index (χ1) is 9.47. The average molecular weight is 293 g/mol. The van der Waals surface area contributed by atoms with E-state index in [2.05, 4.69) is 13.8 Å². The molecule has 0 spiro atoms. The zero-order chi connectivity index (χ0) is 14.7. The number of nitrogen functional groups attached to an aromatic ring is 1. The van der Waals surface area contributed by atoms with Crippen LogP contribution in [0, 0.1) is 0 Å². The van der Waals surface area contributed by atoms with E-state index in [0.717, 1.165) is 4.90 Å². The fourth-order valence-electron chi connectivity index (χ4n) is 1.88. The molecule has 2 aromatic rings. The minimum Gasteiger partial charge on any atom is -0.399 e. The maximum Gasteiger partial charge on any atom is 0.265 e. The molecule has 0 amide bonds. The molecule has 0 bridgehead atoms. The SMILES string of the molecule is CC(C)c1ccc(Sc2ccc(N)cc2C(F)F)cc1. The summed E-state index contributed by atoms with van der Waals surface area (Å²) in [6.07, 6.45) is -2.52. The van der Waals surface area contributed by atoms with E-state index >= 15 is 0 Å². The summed E-state index contributed by atoms with van der Waals surface area (Å²) in [7, 11) is 0. The van der Waals surface area contributed by atoms with Gasteiger partial charge in [0.25, 0.3) is 6.43 Å². The van der Waals surface area contributed by atoms with Gasteiger partial charge in [0.05, 0.1) is 0 Å². The zero-order valence-electron chi connectivity index (χ0n) is 11.4. The maximum absolute atomic E-state index is 13.0. The van der Waals surface area contributed by atoms with Crippen molar-refractivity contribution in [3.05, 3.63) is 53.6 Å². The quantitative estimate of drug-likeness (QED) is 0.755. The summed E-state index contributed by atoms with van der Waals surface area (Å²) < 4.78 is 26.0. The highest BCUT2D eigenvalue weighted by molar-refractivity contribution is 7.99. The minimum atomic E-state index is -2.52. The Morgan fingerprint density at radius 3 is 2.20 bits per heavy atom. The zero-order valence-corrected chi connectivity index (χ0v) is 12.3. The van der Waals surface area contributed by atoms with Gasteiger partial charge in [-0.15, -0.1) is 0 Å². The molecule has 20 heavy (non-hydrogen) atoms. The number of rotatable bonds is 4. The smallest absolute Gasteiger partial charge is 0.265 e. The summed E-state index contributed by atoms with van der Waals surface area (Å²) in [4.78, 5) is 1.49. The molecule has 0 fully saturated rings. The van der Waals surface area contributed by atoms with Crippen LogP contribution in [0.15, 0.2) is 52.3 Å². The van der Waals surface area contributed by atoms with Crippen molar-refractivity contribution in [3.63, 3.8) is 0 Å². The van der Waals surface area contributed by atoms with E-state index in [0.29, 0.717) is 16.5 Å². The molecule has 0 radical (unpaired) electrons. The largest absolute Gasteiger partial charge is 0.399 e. The van der Waals surface area contributed by atoms with Crippen LogP contribution in [-0.2, 0) is 0 Å². The molecule has 2 rings (SSSR count). The van der Waals surface area contributed by atoms with Crippen molar-refractivity contribution >= 4 is 17.4 Å². The summed E-state index contributed by atoms with van der Waals surface area (Å²) in [5, 5.41) is 0. The topological polar surface area (TPSA) is 26.0 Å². The Morgan fingerprint density at radius 1 is 1.00 bits per heavy atom. The van der Waals surface area contributed by atoms with E-state index in [9.17, 15) is 8.78 Å². The second kappa shape index (κ2) is 6.27. The van der Waals surface area contributed by atoms with Crippen LogP contribution in [0.25, 0.3) is 0 Å². The lowest BCUT2D eigenvalue weighted by molar-refractivity contribution is 0.148. The lowest BCUT2D eigenvalue weighted by Crippen LogP contribution is -1.93. The average Bonchev–Trinajstić information content (AvgIpc) is 2.41. The molecule has 0 aliphatic heterocycles. The van der Waals surface area contributed by atoms with Gasteiger partial charge in [0.2, 0.25) is 0 Å². The number of hydrogen-bond donors (Lipinski definition) is 1. The standard InChI is InChI=1S/C16H17F2NS/c1-10(2)11-3-6-13(7-4-11)20-15-8-5-12(19)9-14(15)16(17)18/h3-10,16H,19H2,1-2H3. The summed E-state index contributed by atoms with van der Waals surface area (Å²) in [5.74, 6) is 0.460. The Labute approximate surface area is 122 Å². The summed E-state index contributed by atoms with van der Waals surface area (Å²) in [6.45, 7) is 4.24. The van der Waals surface area contributed by atoms with E-state index in [-0.39, 0.29) is 5.56 Å². The monoisotopic (exact) mass is 293 g/mol. The number of anilines is 1. The second-order valence-electron chi connectivity index (χ2n) is 4.92. The Hall–Kier alpha value is -1.55. The van der Waals surface area contributed by atoms with Gasteiger partial charge < -0.3 is 5.73 Å². The molecule has 0 aromatic heterocycles. The molecule has 0 aliphatic carbocycles. The first-order valence-electron chi connectivity index (χ1n) is 6.42. The third-order valence-electron chi connectivity index (χ3n) is 3.04. The van der Waals surface area contributed by atoms with Crippen molar-refractivity contribution in [3.8, 4) is 0 Å². The highest BCUT2D eigenvalue weighted by Crippen LogP contribution is 2.36. The third-order valence-corrected chi connectivity index (χ3v) is 4.14. The summed E-state index contributed by atoms with van der Waals surface area (Å²) >= 11 is 1.34. The number of hydrogen-bond acceptors (Lipinski definition) is 2. The van der Waals surface area contributed by atoms with E-state index < -0.39 is 6.43 Å². The molecule has 0 heterocycles. The number of halogens is 2. The van der Waals surface area contributed by atoms with Crippen molar-refractivity contribution in [1.29, 1.82) is 0 Å². The van der Waals surface area contributed by atoms with Gasteiger partial charge in [0.15, 0.2) is 0 Å². The van der Waals surface area contributed by atoms with Gasteiger partial charge in [-0.2, -0.15) is 0 Å². The fourth-order valence-corrected chi connectivity index (χ4v) is 2.81. The lowest BCUT2D eigenvalue weighted by atomic mass is 10.0. The van der Waals surface area contributed by atoms with Crippen LogP contribution < -0.4 is 5.73 Å². The van der Waals surface area contributed by atoms with Gasteiger partial charge in [-0.25, -0.2) is 8.78 Å². The van der Waals surface area contributed by atoms with Crippen LogP contribution in [0.1, 0.15) is 37.3 Å². The fraction of sp³-hybridized carbons (Fsp3) is 0.250. The summed E-state index contributed by atoms with van der Waals surface area (Å²) in [5.41, 5.74) is 7.16. The van der Waals surface area contributed by atoms with Crippen LogP contribution >= 0.6 is 11.8 Å². The van der Waals surface area contributed by atoms with Crippen LogP contribution in [0.3, 0.4) is 0 Å². The van der Waals surface area contributed by atoms with Gasteiger partial charge in [-0.1, -0.05) is 37.7 Å². The number of alkyl halides is 2. The molecule has 1 nitrogen and oxygen atoms in total. The molecule has 2 aromatic carbocycles. The summed E-state index contributed by atoms with van der Waals surface area (Å²) in [6, 6.07) is 12.6. The highest BCUT2D eigenvalue weighted by Gasteiger charge is 2.14. The minimum absolute atomic E-state index is 0.0112. The molecule has 2 N–H and O–H groups in total. The van der Waals surface area contributed by atoms with Crippen molar-refractivity contribution in [2.24, 2.45) is 0 Å². The molecule has 0 atom stereocenters. The molecule has 0 aliphatic rings. The first kappa shape index (κ1) is 14.9. The second-order valence-corrected chi connectivity index (χ2v) is 6.04. The van der Waals surface area contributed by atoms with Crippen molar-refractivity contribution in [1.82, 2.24) is 0 Å². The molecule has 4 heteroatoms. The third kappa shape index (κ3) is 3.51. The predicted molar refractivity (Wildman–Crippen MR) is 80.5 cm³/mol. The van der Waals surface area contributed by atoms with E-state index in [4.69, 9.17) is 5.73 Å². The number of nitrogens with two attached hydrogens (primary N) is 1. The highest BCUT2D eigenvalue weighted by atomic mass is 32.2. The molecule has 0 unspecified atom stereocenters. The van der Waals surface area contributed by atoms with Crippen molar-refractivity contribution in [2.75, 3.05) is 5.73 Å². The molecular formula is C16H17F2NS. The van der Waals surface area contributed by atoms with E-state index in [1.165, 1.54) is 23.4 Å². The molecule has 106 valence electrons. The van der Waals surface area contributed by atoms with Gasteiger partial charge in [0, 0.05) is 21.0 Å². The van der Waals surface area contributed by atoms with Gasteiger partial charge in [-0.3, -0.25) is 0 Å². The van der Waals surface area contributed by atoms with E-state index in [1.54, 1.807) is 12.1 Å². The van der Waals surface area contributed by atoms with Gasteiger partial charge >= 0.3 is 0 Å². The van der Waals surface area contributed by atoms with Crippen LogP contribution in [0.2, 0.25) is 0 Å². The van der Waals surface area contributed by atoms with Crippen LogP contribution in [0.5, 0.6) is 0 Å². The first-order valence-corrected chi connectivity index (χ1v) is 7.24. The number of benzene rings is 2. The van der Waals surface area contributed by atoms with E-state index in [1.807, 2.05) is 24.3 Å². The van der Waals surface area contributed by atoms with Gasteiger partial charge in [-0.05, 0) is 41.8 Å². The van der Waals surface area contributed by atoms with Crippen molar-refractivity contribution in [2.45, 2.75) is 36.0 Å². The maximum atomic E-state index is 13.0. The van der Waals surface area contributed by atoms with Gasteiger partial charge in [0.1, 0.15) is 0 Å². The predicted octanol–water partition coefficient (Wildman–Crippen LogP) is 5.48. The Kier molecular flexibility index (Phi) is 4.65. The van der Waals surface area contributed by atoms with Crippen LogP contribution in [0.4, 0.5) is 14.5 Å². The lowest BCUT2D eigenvalue weighted by Gasteiger charge is -2.10. The van der Waals surface area contributed by atoms with Crippen LogP contribution in [-0.4, -0.2) is 0 Å².